The van der Waals surface area contributed by atoms with Crippen LogP contribution in [0.5, 0.6) is 0 Å². The number of hydrogen-bond acceptors (Lipinski definition) is 6. The van der Waals surface area contributed by atoms with E-state index in [4.69, 9.17) is 0 Å². The molecule has 0 radical (unpaired) electrons. The fourth-order valence-electron chi connectivity index (χ4n) is 2.90. The zero-order valence-corrected chi connectivity index (χ0v) is 16.5. The van der Waals surface area contributed by atoms with Gasteiger partial charge >= 0.3 is 0 Å². The summed E-state index contributed by atoms with van der Waals surface area (Å²) in [5.74, 6) is 0.850. The van der Waals surface area contributed by atoms with Gasteiger partial charge in [-0.1, -0.05) is 18.2 Å². The molecule has 0 atom stereocenters. The largest absolute Gasteiger partial charge is 0.323 e. The minimum Gasteiger partial charge on any atom is -0.323 e. The minimum atomic E-state index is -3.05. The summed E-state index contributed by atoms with van der Waals surface area (Å²) in [5, 5.41) is 12.6. The Morgan fingerprint density at radius 2 is 1.97 bits per heavy atom. The monoisotopic (exact) mass is 414 g/mol. The minimum absolute atomic E-state index is 0.0214. The van der Waals surface area contributed by atoms with Crippen molar-refractivity contribution < 1.29 is 12.8 Å². The quantitative estimate of drug-likeness (QED) is 0.500. The zero-order valence-electron chi connectivity index (χ0n) is 15.7. The van der Waals surface area contributed by atoms with Crippen molar-refractivity contribution in [1.29, 1.82) is 0 Å². The van der Waals surface area contributed by atoms with Crippen molar-refractivity contribution in [2.45, 2.75) is 13.1 Å². The molecule has 0 fully saturated rings. The lowest BCUT2D eigenvalue weighted by molar-refractivity contribution is 0.586. The van der Waals surface area contributed by atoms with E-state index in [1.807, 2.05) is 6.07 Å². The van der Waals surface area contributed by atoms with Gasteiger partial charge in [-0.05, 0) is 6.07 Å². The highest BCUT2D eigenvalue weighted by molar-refractivity contribution is 7.90. The molecule has 3 heterocycles. The molecule has 0 unspecified atom stereocenters. The Bertz CT molecular complexity index is 1260. The van der Waals surface area contributed by atoms with Gasteiger partial charge in [0.1, 0.15) is 21.5 Å². The Kier molecular flexibility index (Phi) is 5.01. The van der Waals surface area contributed by atoms with Gasteiger partial charge in [-0.3, -0.25) is 9.36 Å². The highest BCUT2D eigenvalue weighted by Crippen LogP contribution is 2.20. The maximum atomic E-state index is 14.0. The van der Waals surface area contributed by atoms with Crippen LogP contribution in [0.25, 0.3) is 10.9 Å². The number of anilines is 2. The molecule has 1 N–H and O–H groups in total. The first kappa shape index (κ1) is 19.1. The fourth-order valence-corrected chi connectivity index (χ4v) is 3.42. The van der Waals surface area contributed by atoms with Gasteiger partial charge in [0.2, 0.25) is 0 Å². The number of halogens is 1. The Labute approximate surface area is 166 Å². The summed E-state index contributed by atoms with van der Waals surface area (Å²) in [6.45, 7) is 0.585. The van der Waals surface area contributed by atoms with Gasteiger partial charge in [-0.15, -0.1) is 0 Å². The second-order valence-electron chi connectivity index (χ2n) is 6.74. The molecule has 3 aromatic heterocycles. The van der Waals surface area contributed by atoms with Crippen molar-refractivity contribution in [2.75, 3.05) is 17.3 Å². The molecular formula is C19H19FN6O2S. The maximum Gasteiger partial charge on any atom is 0.153 e. The van der Waals surface area contributed by atoms with E-state index in [2.05, 4.69) is 20.5 Å². The van der Waals surface area contributed by atoms with Crippen LogP contribution in [0, 0.1) is 5.82 Å². The predicted molar refractivity (Wildman–Crippen MR) is 108 cm³/mol. The lowest BCUT2D eigenvalue weighted by Crippen LogP contribution is -2.11. The molecule has 150 valence electrons. The van der Waals surface area contributed by atoms with Crippen LogP contribution in [-0.4, -0.2) is 45.0 Å². The molecule has 10 heteroatoms. The zero-order chi connectivity index (χ0) is 20.4. The van der Waals surface area contributed by atoms with Crippen LogP contribution in [0.15, 0.2) is 55.0 Å². The van der Waals surface area contributed by atoms with Crippen molar-refractivity contribution in [2.24, 2.45) is 0 Å². The average Bonchev–Trinajstić information content (AvgIpc) is 3.28. The average molecular weight is 414 g/mol. The van der Waals surface area contributed by atoms with E-state index in [0.717, 1.165) is 10.9 Å². The van der Waals surface area contributed by atoms with Gasteiger partial charge in [-0.25, -0.2) is 17.8 Å². The molecule has 0 aliphatic rings. The van der Waals surface area contributed by atoms with Gasteiger partial charge in [0.15, 0.2) is 5.82 Å². The van der Waals surface area contributed by atoms with Gasteiger partial charge in [0.25, 0.3) is 0 Å². The molecule has 8 nitrogen and oxygen atoms in total. The van der Waals surface area contributed by atoms with Crippen LogP contribution in [-0.2, 0) is 22.9 Å². The molecule has 29 heavy (non-hydrogen) atoms. The van der Waals surface area contributed by atoms with Crippen LogP contribution in [0.1, 0.15) is 5.56 Å². The van der Waals surface area contributed by atoms with Crippen LogP contribution in [0.4, 0.5) is 16.0 Å². The molecule has 1 aromatic carbocycles. The lowest BCUT2D eigenvalue weighted by atomic mass is 10.2. The third-order valence-corrected chi connectivity index (χ3v) is 5.32. The first-order valence-electron chi connectivity index (χ1n) is 8.90. The molecule has 0 saturated carbocycles. The SMILES string of the molecule is CS(=O)(=O)CCn1ccc(Nc2cc3c(cn2)cnn3Cc2ccccc2F)n1. The van der Waals surface area contributed by atoms with E-state index in [0.29, 0.717) is 23.7 Å². The number of rotatable bonds is 7. The number of pyridine rings is 1. The van der Waals surface area contributed by atoms with Crippen molar-refractivity contribution in [1.82, 2.24) is 24.5 Å². The number of aromatic nitrogens is 5. The summed E-state index contributed by atoms with van der Waals surface area (Å²) in [5.41, 5.74) is 1.36. The molecule has 0 aliphatic heterocycles. The van der Waals surface area contributed by atoms with E-state index >= 15 is 0 Å². The topological polar surface area (TPSA) is 94.7 Å². The van der Waals surface area contributed by atoms with Gasteiger partial charge < -0.3 is 5.32 Å². The molecule has 4 aromatic rings. The van der Waals surface area contributed by atoms with Crippen LogP contribution >= 0.6 is 0 Å². The van der Waals surface area contributed by atoms with E-state index in [1.165, 1.54) is 12.3 Å². The number of nitrogens with one attached hydrogen (secondary N) is 1. The van der Waals surface area contributed by atoms with Crippen LogP contribution in [0.2, 0.25) is 0 Å². The Balaban J connectivity index is 1.53. The highest BCUT2D eigenvalue weighted by atomic mass is 32.2. The second-order valence-corrected chi connectivity index (χ2v) is 9.00. The standard InChI is InChI=1S/C19H19FN6O2S/c1-29(27,28)9-8-25-7-6-18(24-25)23-19-10-17-15(11-21-19)12-22-26(17)13-14-4-2-3-5-16(14)20/h2-7,10-12H,8-9,13H2,1H3,(H,21,23,24). The highest BCUT2D eigenvalue weighted by Gasteiger charge is 2.10. The van der Waals surface area contributed by atoms with E-state index in [-0.39, 0.29) is 18.1 Å². The summed E-state index contributed by atoms with van der Waals surface area (Å²) in [4.78, 5) is 4.35. The third-order valence-electron chi connectivity index (χ3n) is 4.39. The van der Waals surface area contributed by atoms with E-state index in [9.17, 15) is 12.8 Å². The van der Waals surface area contributed by atoms with E-state index in [1.54, 1.807) is 52.2 Å². The Morgan fingerprint density at radius 3 is 2.76 bits per heavy atom. The summed E-state index contributed by atoms with van der Waals surface area (Å²) in [6.07, 6.45) is 6.27. The number of fused-ring (bicyclic) bond motifs is 1. The summed E-state index contributed by atoms with van der Waals surface area (Å²) in [6, 6.07) is 10.2. The maximum absolute atomic E-state index is 14.0. The lowest BCUT2D eigenvalue weighted by Gasteiger charge is -2.07. The van der Waals surface area contributed by atoms with Gasteiger partial charge in [0, 0.05) is 41.7 Å². The van der Waals surface area contributed by atoms with Crippen molar-refractivity contribution in [3.05, 3.63) is 66.4 Å². The first-order valence-corrected chi connectivity index (χ1v) is 11.0. The smallest absolute Gasteiger partial charge is 0.153 e. The molecule has 0 spiro atoms. The number of sulfone groups is 1. The fraction of sp³-hybridized carbons (Fsp3) is 0.211. The molecule has 4 rings (SSSR count). The summed E-state index contributed by atoms with van der Waals surface area (Å²) in [7, 11) is -3.05. The summed E-state index contributed by atoms with van der Waals surface area (Å²) >= 11 is 0. The van der Waals surface area contributed by atoms with Crippen LogP contribution in [0.3, 0.4) is 0 Å². The Hall–Kier alpha value is -3.27. The van der Waals surface area contributed by atoms with E-state index < -0.39 is 9.84 Å². The molecular weight excluding hydrogens is 395 g/mol. The van der Waals surface area contributed by atoms with Crippen molar-refractivity contribution >= 4 is 32.4 Å². The predicted octanol–water partition coefficient (Wildman–Crippen LogP) is 2.60. The third kappa shape index (κ3) is 4.60. The van der Waals surface area contributed by atoms with Crippen LogP contribution < -0.4 is 5.32 Å². The van der Waals surface area contributed by atoms with Gasteiger partial charge in [-0.2, -0.15) is 10.2 Å². The van der Waals surface area contributed by atoms with Gasteiger partial charge in [0.05, 0.1) is 30.6 Å². The summed E-state index contributed by atoms with van der Waals surface area (Å²) < 4.78 is 39.8. The number of nitrogens with zero attached hydrogens (tertiary/aromatic N) is 5. The number of hydrogen-bond donors (Lipinski definition) is 1. The number of benzene rings is 1. The van der Waals surface area contributed by atoms with Crippen molar-refractivity contribution in [3.63, 3.8) is 0 Å². The van der Waals surface area contributed by atoms with Crippen molar-refractivity contribution in [3.8, 4) is 0 Å². The second kappa shape index (κ2) is 7.63. The number of aryl methyl sites for hydroxylation is 1. The molecule has 0 aliphatic carbocycles. The molecule has 0 bridgehead atoms. The molecule has 0 amide bonds. The normalized spacial score (nSPS) is 11.8. The molecule has 0 saturated heterocycles. The first-order chi connectivity index (χ1) is 13.9. The Morgan fingerprint density at radius 1 is 1.14 bits per heavy atom.